The molecule has 24 heavy (non-hydrogen) atoms. The molecule has 6 heteroatoms. The zero-order valence-corrected chi connectivity index (χ0v) is 15.3. The summed E-state index contributed by atoms with van der Waals surface area (Å²) < 4.78 is 1.64. The minimum absolute atomic E-state index is 0.180. The van der Waals surface area contributed by atoms with Crippen LogP contribution in [0.4, 0.5) is 5.13 Å². The summed E-state index contributed by atoms with van der Waals surface area (Å²) in [6.45, 7) is 8.03. The molecule has 3 aromatic rings. The Balaban J connectivity index is 1.87. The van der Waals surface area contributed by atoms with Crippen LogP contribution in [0.1, 0.15) is 32.1 Å². The van der Waals surface area contributed by atoms with Gasteiger partial charge in [-0.3, -0.25) is 14.8 Å². The molecule has 3 rings (SSSR count). The zero-order valence-electron chi connectivity index (χ0n) is 14.5. The van der Waals surface area contributed by atoms with E-state index in [1.54, 1.807) is 17.9 Å². The largest absolute Gasteiger partial charge is 0.298 e. The molecule has 1 N–H and O–H groups in total. The van der Waals surface area contributed by atoms with E-state index in [0.29, 0.717) is 16.4 Å². The van der Waals surface area contributed by atoms with Crippen LogP contribution in [-0.4, -0.2) is 20.7 Å². The number of aromatic nitrogens is 3. The molecule has 0 aliphatic carbocycles. The quantitative estimate of drug-likeness (QED) is 0.783. The molecule has 0 saturated heterocycles. The number of hydrogen-bond acceptors (Lipinski definition) is 4. The molecule has 124 valence electrons. The van der Waals surface area contributed by atoms with Gasteiger partial charge in [0.2, 0.25) is 0 Å². The second kappa shape index (κ2) is 6.20. The lowest BCUT2D eigenvalue weighted by molar-refractivity contribution is 0.102. The number of amides is 1. The van der Waals surface area contributed by atoms with E-state index in [9.17, 15) is 4.79 Å². The van der Waals surface area contributed by atoms with E-state index >= 15 is 0 Å². The predicted molar refractivity (Wildman–Crippen MR) is 97.7 cm³/mol. The van der Waals surface area contributed by atoms with Crippen molar-refractivity contribution < 1.29 is 4.79 Å². The van der Waals surface area contributed by atoms with Crippen LogP contribution >= 0.6 is 11.3 Å². The number of carbonyl (C=O) groups is 1. The number of hydrogen-bond donors (Lipinski definition) is 1. The van der Waals surface area contributed by atoms with Crippen molar-refractivity contribution in [2.45, 2.75) is 27.7 Å². The smallest absolute Gasteiger partial charge is 0.260 e. The number of nitrogens with one attached hydrogen (secondary N) is 1. The maximum atomic E-state index is 12.4. The fourth-order valence-corrected chi connectivity index (χ4v) is 3.42. The summed E-state index contributed by atoms with van der Waals surface area (Å²) in [5, 5.41) is 7.69. The Morgan fingerprint density at radius 2 is 1.92 bits per heavy atom. The molecule has 0 unspecified atom stereocenters. The van der Waals surface area contributed by atoms with E-state index < -0.39 is 0 Å². The lowest BCUT2D eigenvalue weighted by Crippen LogP contribution is -2.12. The molecule has 2 heterocycles. The number of nitrogens with zero attached hydrogens (tertiary/aromatic N) is 3. The molecule has 0 aliphatic rings. The van der Waals surface area contributed by atoms with Crippen molar-refractivity contribution >= 4 is 22.4 Å². The molecule has 0 fully saturated rings. The topological polar surface area (TPSA) is 59.8 Å². The van der Waals surface area contributed by atoms with Crippen LogP contribution < -0.4 is 5.32 Å². The Morgan fingerprint density at radius 3 is 2.54 bits per heavy atom. The normalized spacial score (nSPS) is 10.9. The summed E-state index contributed by atoms with van der Waals surface area (Å²) in [6, 6.07) is 6.30. The highest BCUT2D eigenvalue weighted by atomic mass is 32.1. The summed E-state index contributed by atoms with van der Waals surface area (Å²) in [7, 11) is 1.80. The predicted octanol–water partition coefficient (Wildman–Crippen LogP) is 4.03. The fraction of sp³-hybridized carbons (Fsp3) is 0.278. The molecule has 1 aromatic carbocycles. The van der Waals surface area contributed by atoms with E-state index in [4.69, 9.17) is 0 Å². The number of aryl methyl sites for hydroxylation is 5. The summed E-state index contributed by atoms with van der Waals surface area (Å²) in [6.07, 6.45) is 1.72. The molecule has 0 saturated carbocycles. The first-order chi connectivity index (χ1) is 11.3. The zero-order chi connectivity index (χ0) is 17.4. The summed E-state index contributed by atoms with van der Waals surface area (Å²) >= 11 is 1.48. The third-order valence-corrected chi connectivity index (χ3v) is 4.94. The molecule has 1 amide bonds. The van der Waals surface area contributed by atoms with E-state index in [1.165, 1.54) is 22.5 Å². The van der Waals surface area contributed by atoms with Crippen LogP contribution in [0.2, 0.25) is 0 Å². The average Bonchev–Trinajstić information content (AvgIpc) is 3.04. The van der Waals surface area contributed by atoms with Crippen LogP contribution in [0.5, 0.6) is 0 Å². The van der Waals surface area contributed by atoms with E-state index in [2.05, 4.69) is 47.4 Å². The number of thiazole rings is 1. The van der Waals surface area contributed by atoms with Gasteiger partial charge in [-0.1, -0.05) is 12.1 Å². The van der Waals surface area contributed by atoms with Crippen LogP contribution in [0.25, 0.3) is 11.3 Å². The molecule has 0 radical (unpaired) electrons. The third kappa shape index (κ3) is 3.10. The van der Waals surface area contributed by atoms with Crippen molar-refractivity contribution in [3.05, 3.63) is 51.7 Å². The van der Waals surface area contributed by atoms with Gasteiger partial charge in [0, 0.05) is 23.7 Å². The first-order valence-corrected chi connectivity index (χ1v) is 8.53. The Bertz CT molecular complexity index is 923. The molecule has 0 bridgehead atoms. The number of rotatable bonds is 3. The minimum Gasteiger partial charge on any atom is -0.298 e. The SMILES string of the molecule is Cc1ccc(-c2nc(NC(=O)c3cn(C)nc3C)sc2C)cc1C. The summed E-state index contributed by atoms with van der Waals surface area (Å²) in [5.74, 6) is -0.180. The maximum Gasteiger partial charge on any atom is 0.260 e. The van der Waals surface area contributed by atoms with Gasteiger partial charge in [-0.05, 0) is 44.9 Å². The Labute approximate surface area is 145 Å². The Hall–Kier alpha value is -2.47. The van der Waals surface area contributed by atoms with Gasteiger partial charge in [0.05, 0.1) is 17.0 Å². The fourth-order valence-electron chi connectivity index (χ4n) is 2.59. The average molecular weight is 340 g/mol. The lowest BCUT2D eigenvalue weighted by Gasteiger charge is -2.03. The Morgan fingerprint density at radius 1 is 1.17 bits per heavy atom. The standard InChI is InChI=1S/C18H20N4OS/c1-10-6-7-14(8-11(10)2)16-13(4)24-18(19-16)20-17(23)15-9-22(5)21-12(15)3/h6-9H,1-5H3,(H,19,20,23). The third-order valence-electron chi connectivity index (χ3n) is 4.06. The van der Waals surface area contributed by atoms with Crippen molar-refractivity contribution in [2.75, 3.05) is 5.32 Å². The number of carbonyl (C=O) groups excluding carboxylic acids is 1. The highest BCUT2D eigenvalue weighted by Gasteiger charge is 2.16. The van der Waals surface area contributed by atoms with Crippen LogP contribution in [0, 0.1) is 27.7 Å². The monoisotopic (exact) mass is 340 g/mol. The van der Waals surface area contributed by atoms with Crippen molar-refractivity contribution in [3.8, 4) is 11.3 Å². The van der Waals surface area contributed by atoms with Gasteiger partial charge < -0.3 is 0 Å². The summed E-state index contributed by atoms with van der Waals surface area (Å²) in [4.78, 5) is 18.1. The molecular formula is C18H20N4OS. The van der Waals surface area contributed by atoms with Gasteiger partial charge >= 0.3 is 0 Å². The number of anilines is 1. The van der Waals surface area contributed by atoms with Gasteiger partial charge in [0.15, 0.2) is 5.13 Å². The highest BCUT2D eigenvalue weighted by Crippen LogP contribution is 2.31. The van der Waals surface area contributed by atoms with Crippen LogP contribution in [-0.2, 0) is 7.05 Å². The Kier molecular flexibility index (Phi) is 4.24. The van der Waals surface area contributed by atoms with Crippen molar-refractivity contribution in [1.82, 2.24) is 14.8 Å². The van der Waals surface area contributed by atoms with Gasteiger partial charge in [-0.15, -0.1) is 11.3 Å². The molecule has 0 atom stereocenters. The number of benzene rings is 1. The second-order valence-electron chi connectivity index (χ2n) is 5.98. The first-order valence-electron chi connectivity index (χ1n) is 7.72. The second-order valence-corrected chi connectivity index (χ2v) is 7.18. The maximum absolute atomic E-state index is 12.4. The van der Waals surface area contributed by atoms with Gasteiger partial charge in [0.25, 0.3) is 5.91 Å². The van der Waals surface area contributed by atoms with Crippen molar-refractivity contribution in [3.63, 3.8) is 0 Å². The minimum atomic E-state index is -0.180. The van der Waals surface area contributed by atoms with Gasteiger partial charge in [0.1, 0.15) is 0 Å². The summed E-state index contributed by atoms with van der Waals surface area (Å²) in [5.41, 5.74) is 5.76. The highest BCUT2D eigenvalue weighted by molar-refractivity contribution is 7.16. The van der Waals surface area contributed by atoms with Gasteiger partial charge in [-0.25, -0.2) is 4.98 Å². The molecular weight excluding hydrogens is 320 g/mol. The lowest BCUT2D eigenvalue weighted by atomic mass is 10.0. The van der Waals surface area contributed by atoms with Gasteiger partial charge in [-0.2, -0.15) is 5.10 Å². The van der Waals surface area contributed by atoms with E-state index in [-0.39, 0.29) is 5.91 Å². The van der Waals surface area contributed by atoms with E-state index in [1.807, 2.05) is 13.8 Å². The molecule has 5 nitrogen and oxygen atoms in total. The van der Waals surface area contributed by atoms with Crippen molar-refractivity contribution in [1.29, 1.82) is 0 Å². The first kappa shape index (κ1) is 16.4. The van der Waals surface area contributed by atoms with E-state index in [0.717, 1.165) is 16.1 Å². The van der Waals surface area contributed by atoms with Crippen LogP contribution in [0.15, 0.2) is 24.4 Å². The molecule has 2 aromatic heterocycles. The molecule has 0 aliphatic heterocycles. The van der Waals surface area contributed by atoms with Crippen LogP contribution in [0.3, 0.4) is 0 Å². The van der Waals surface area contributed by atoms with Crippen molar-refractivity contribution in [2.24, 2.45) is 7.05 Å². The molecule has 0 spiro atoms.